The van der Waals surface area contributed by atoms with Gasteiger partial charge in [-0.2, -0.15) is 0 Å². The molecule has 1 aromatic rings. The third-order valence-electron chi connectivity index (χ3n) is 6.60. The highest BCUT2D eigenvalue weighted by Gasteiger charge is 2.34. The molecule has 4 N–H and O–H groups in total. The second-order valence-corrected chi connectivity index (χ2v) is 10.4. The number of hydrogen-bond donors (Lipinski definition) is 4. The van der Waals surface area contributed by atoms with Crippen LogP contribution in [0.4, 0.5) is 9.18 Å². The molecule has 0 radical (unpaired) electrons. The van der Waals surface area contributed by atoms with Crippen LogP contribution in [-0.2, 0) is 59.1 Å². The fourth-order valence-electron chi connectivity index (χ4n) is 3.91. The Kier molecular flexibility index (Phi) is 17.7. The maximum atomic E-state index is 13.4. The second kappa shape index (κ2) is 20.8. The van der Waals surface area contributed by atoms with Crippen LogP contribution in [0.1, 0.15) is 45.1 Å². The van der Waals surface area contributed by atoms with E-state index in [9.17, 15) is 42.7 Å². The molecule has 0 spiro atoms. The van der Waals surface area contributed by atoms with E-state index < -0.39 is 97.1 Å². The molecule has 0 saturated heterocycles. The predicted octanol–water partition coefficient (Wildman–Crippen LogP) is 0.00980. The van der Waals surface area contributed by atoms with E-state index in [1.807, 2.05) is 0 Å². The molecule has 47 heavy (non-hydrogen) atoms. The number of alkyl carbamates (subject to hydrolysis) is 1. The molecule has 17 heteroatoms. The molecule has 0 saturated carbocycles. The van der Waals surface area contributed by atoms with E-state index >= 15 is 0 Å². The molecule has 1 aromatic carbocycles. The van der Waals surface area contributed by atoms with E-state index in [1.54, 1.807) is 30.3 Å². The fraction of sp³-hybridized carbons (Fsp3) is 0.533. The van der Waals surface area contributed by atoms with Gasteiger partial charge in [0.25, 0.3) is 0 Å². The molecule has 4 atom stereocenters. The Morgan fingerprint density at radius 1 is 0.681 bits per heavy atom. The summed E-state index contributed by atoms with van der Waals surface area (Å²) in [5.41, 5.74) is 0.644. The van der Waals surface area contributed by atoms with Crippen LogP contribution in [0, 0.1) is 5.92 Å². The number of rotatable bonds is 19. The van der Waals surface area contributed by atoms with Crippen molar-refractivity contribution < 1.29 is 61.7 Å². The molecule has 1 rings (SSSR count). The zero-order valence-corrected chi connectivity index (χ0v) is 26.8. The highest BCUT2D eigenvalue weighted by Crippen LogP contribution is 2.09. The van der Waals surface area contributed by atoms with E-state index in [-0.39, 0.29) is 19.4 Å². The van der Waals surface area contributed by atoms with Crippen molar-refractivity contribution in [1.29, 1.82) is 0 Å². The van der Waals surface area contributed by atoms with Gasteiger partial charge in [0, 0.05) is 6.42 Å². The van der Waals surface area contributed by atoms with Gasteiger partial charge in [-0.25, -0.2) is 9.18 Å². The predicted molar refractivity (Wildman–Crippen MR) is 160 cm³/mol. The first kappa shape index (κ1) is 39.9. The van der Waals surface area contributed by atoms with Crippen LogP contribution in [-0.4, -0.2) is 99.7 Å². The van der Waals surface area contributed by atoms with Crippen molar-refractivity contribution in [2.45, 2.75) is 70.3 Å². The molecule has 4 amide bonds. The van der Waals surface area contributed by atoms with E-state index in [1.165, 1.54) is 13.8 Å². The molecule has 0 bridgehead atoms. The SMILES string of the molecule is COC(=O)CC[C@H](NC(=O)[C@H](CC(=O)OC)NC(=O)OCc1ccccc1)C(=O)N[C@H](C(=O)NC(CC(=O)OC)C(=O)CF)C(C)C. The third kappa shape index (κ3) is 14.7. The van der Waals surface area contributed by atoms with Crippen LogP contribution >= 0.6 is 0 Å². The zero-order valence-electron chi connectivity index (χ0n) is 26.8. The first-order chi connectivity index (χ1) is 22.3. The topological polar surface area (TPSA) is 222 Å². The molecule has 0 heterocycles. The molecule has 0 fully saturated rings. The van der Waals surface area contributed by atoms with Gasteiger partial charge in [-0.05, 0) is 17.9 Å². The van der Waals surface area contributed by atoms with Gasteiger partial charge < -0.3 is 40.2 Å². The van der Waals surface area contributed by atoms with Crippen molar-refractivity contribution in [1.82, 2.24) is 21.3 Å². The summed E-state index contributed by atoms with van der Waals surface area (Å²) < 4.78 is 31.9. The lowest BCUT2D eigenvalue weighted by atomic mass is 10.0. The van der Waals surface area contributed by atoms with Gasteiger partial charge in [-0.1, -0.05) is 44.2 Å². The average Bonchev–Trinajstić information content (AvgIpc) is 3.06. The number of Topliss-reactive ketones (excluding diaryl/α,β-unsaturated/α-hetero) is 1. The lowest BCUT2D eigenvalue weighted by molar-refractivity contribution is -0.144. The van der Waals surface area contributed by atoms with Gasteiger partial charge >= 0.3 is 24.0 Å². The van der Waals surface area contributed by atoms with Gasteiger partial charge in [-0.3, -0.25) is 33.6 Å². The molecule has 260 valence electrons. The fourth-order valence-corrected chi connectivity index (χ4v) is 3.91. The molecule has 0 aromatic heterocycles. The van der Waals surface area contributed by atoms with Crippen molar-refractivity contribution in [3.63, 3.8) is 0 Å². The van der Waals surface area contributed by atoms with Crippen molar-refractivity contribution in [3.05, 3.63) is 35.9 Å². The number of hydrogen-bond acceptors (Lipinski definition) is 12. The summed E-state index contributed by atoms with van der Waals surface area (Å²) in [6.07, 6.45) is -3.09. The van der Waals surface area contributed by atoms with Crippen LogP contribution in [0.3, 0.4) is 0 Å². The largest absolute Gasteiger partial charge is 0.469 e. The summed E-state index contributed by atoms with van der Waals surface area (Å²) >= 11 is 0. The number of methoxy groups -OCH3 is 3. The number of amides is 4. The van der Waals surface area contributed by atoms with Gasteiger partial charge in [-0.15, -0.1) is 0 Å². The summed E-state index contributed by atoms with van der Waals surface area (Å²) in [5, 5.41) is 9.26. The van der Waals surface area contributed by atoms with Crippen LogP contribution in [0.15, 0.2) is 30.3 Å². The summed E-state index contributed by atoms with van der Waals surface area (Å²) in [6.45, 7) is 1.44. The highest BCUT2D eigenvalue weighted by molar-refractivity contribution is 5.97. The van der Waals surface area contributed by atoms with Gasteiger partial charge in [0.05, 0.1) is 34.2 Å². The maximum Gasteiger partial charge on any atom is 0.408 e. The number of ketones is 1. The number of alkyl halides is 1. The summed E-state index contributed by atoms with van der Waals surface area (Å²) in [4.78, 5) is 99.9. The number of nitrogens with one attached hydrogen (secondary N) is 4. The molecule has 0 aliphatic rings. The molecule has 1 unspecified atom stereocenters. The van der Waals surface area contributed by atoms with Crippen LogP contribution in [0.5, 0.6) is 0 Å². The molecule has 0 aliphatic carbocycles. The van der Waals surface area contributed by atoms with Crippen molar-refractivity contribution >= 4 is 47.5 Å². The summed E-state index contributed by atoms with van der Waals surface area (Å²) in [5.74, 6) is -7.21. The quantitative estimate of drug-likeness (QED) is 0.113. The van der Waals surface area contributed by atoms with Crippen LogP contribution in [0.25, 0.3) is 0 Å². The number of benzene rings is 1. The minimum absolute atomic E-state index is 0.153. The Hall–Kier alpha value is -5.09. The maximum absolute atomic E-state index is 13.4. The van der Waals surface area contributed by atoms with Gasteiger partial charge in [0.15, 0.2) is 5.78 Å². The van der Waals surface area contributed by atoms with Crippen molar-refractivity contribution in [2.24, 2.45) is 5.92 Å². The monoisotopic (exact) mass is 668 g/mol. The number of esters is 3. The first-order valence-electron chi connectivity index (χ1n) is 14.4. The number of carbonyl (C=O) groups excluding carboxylic acids is 8. The van der Waals surface area contributed by atoms with Crippen LogP contribution < -0.4 is 21.3 Å². The van der Waals surface area contributed by atoms with Gasteiger partial charge in [0.1, 0.15) is 37.4 Å². The Morgan fingerprint density at radius 3 is 1.74 bits per heavy atom. The lowest BCUT2D eigenvalue weighted by Crippen LogP contribution is -2.59. The minimum Gasteiger partial charge on any atom is -0.469 e. The molecule has 16 nitrogen and oxygen atoms in total. The highest BCUT2D eigenvalue weighted by atomic mass is 19.1. The molecule has 0 aliphatic heterocycles. The van der Waals surface area contributed by atoms with Crippen LogP contribution in [0.2, 0.25) is 0 Å². The number of halogens is 1. The Balaban J connectivity index is 3.17. The van der Waals surface area contributed by atoms with E-state index in [0.717, 1.165) is 21.3 Å². The lowest BCUT2D eigenvalue weighted by Gasteiger charge is -2.27. The van der Waals surface area contributed by atoms with E-state index in [4.69, 9.17) is 4.74 Å². The molecular weight excluding hydrogens is 627 g/mol. The molecular formula is C30H41FN4O12. The number of carbonyl (C=O) groups is 8. The zero-order chi connectivity index (χ0) is 35.5. The smallest absolute Gasteiger partial charge is 0.408 e. The Labute approximate surface area is 270 Å². The van der Waals surface area contributed by atoms with E-state index in [2.05, 4.69) is 35.5 Å². The van der Waals surface area contributed by atoms with Crippen molar-refractivity contribution in [3.8, 4) is 0 Å². The third-order valence-corrected chi connectivity index (χ3v) is 6.60. The Morgan fingerprint density at radius 2 is 1.21 bits per heavy atom. The normalized spacial score (nSPS) is 13.1. The average molecular weight is 669 g/mol. The second-order valence-electron chi connectivity index (χ2n) is 10.4. The first-order valence-corrected chi connectivity index (χ1v) is 14.4. The minimum atomic E-state index is -1.59. The number of ether oxygens (including phenoxy) is 4. The summed E-state index contributed by atoms with van der Waals surface area (Å²) in [7, 11) is 3.21. The van der Waals surface area contributed by atoms with E-state index in [0.29, 0.717) is 5.56 Å². The summed E-state index contributed by atoms with van der Waals surface area (Å²) in [6, 6.07) is 2.54. The van der Waals surface area contributed by atoms with Gasteiger partial charge in [0.2, 0.25) is 17.7 Å². The Bertz CT molecular complexity index is 1260. The standard InChI is InChI=1S/C30H41FN4O12/c1-17(2)26(29(42)33-20(22(36)15-31)13-24(38)45-4)35-27(40)19(11-12-23(37)44-3)32-28(41)21(14-25(39)46-5)34-30(43)47-16-18-9-7-6-8-10-18/h6-10,17,19-21,26H,11-16H2,1-5H3,(H,32,41)(H,33,42)(H,34,43)(H,35,40)/t19-,20?,21-,26-/m0/s1. The van der Waals surface area contributed by atoms with Crippen molar-refractivity contribution in [2.75, 3.05) is 28.0 Å².